The van der Waals surface area contributed by atoms with Crippen LogP contribution in [0.4, 0.5) is 0 Å². The Morgan fingerprint density at radius 1 is 1.39 bits per heavy atom. The number of furan rings is 1. The quantitative estimate of drug-likeness (QED) is 0.744. The molecule has 0 saturated carbocycles. The van der Waals surface area contributed by atoms with E-state index in [0.717, 1.165) is 5.76 Å². The molecule has 3 heterocycles. The van der Waals surface area contributed by atoms with Crippen LogP contribution in [0.1, 0.15) is 16.1 Å². The summed E-state index contributed by atoms with van der Waals surface area (Å²) in [6, 6.07) is 5.37. The first-order chi connectivity index (χ1) is 8.66. The van der Waals surface area contributed by atoms with Gasteiger partial charge in [0.1, 0.15) is 17.0 Å². The summed E-state index contributed by atoms with van der Waals surface area (Å²) >= 11 is 0. The van der Waals surface area contributed by atoms with E-state index in [1.165, 1.54) is 16.9 Å². The first-order valence-electron chi connectivity index (χ1n) is 5.29. The van der Waals surface area contributed by atoms with Gasteiger partial charge < -0.3 is 9.52 Å². The Hall–Kier alpha value is -2.63. The molecule has 6 heteroatoms. The molecule has 0 radical (unpaired) electrons. The highest BCUT2D eigenvalue weighted by atomic mass is 16.4. The van der Waals surface area contributed by atoms with Crippen molar-refractivity contribution in [2.75, 3.05) is 0 Å². The van der Waals surface area contributed by atoms with Gasteiger partial charge in [-0.25, -0.2) is 14.3 Å². The monoisotopic (exact) mass is 243 g/mol. The molecule has 0 bridgehead atoms. The Morgan fingerprint density at radius 2 is 2.22 bits per heavy atom. The van der Waals surface area contributed by atoms with E-state index in [4.69, 9.17) is 9.52 Å². The Kier molecular flexibility index (Phi) is 2.16. The van der Waals surface area contributed by atoms with Crippen LogP contribution in [-0.4, -0.2) is 25.7 Å². The zero-order valence-corrected chi connectivity index (χ0v) is 9.49. The van der Waals surface area contributed by atoms with Gasteiger partial charge in [0, 0.05) is 6.20 Å². The molecule has 18 heavy (non-hydrogen) atoms. The molecule has 3 rings (SSSR count). The molecule has 0 aliphatic carbocycles. The van der Waals surface area contributed by atoms with Crippen molar-refractivity contribution in [3.05, 3.63) is 41.9 Å². The number of fused-ring (bicyclic) bond motifs is 1. The van der Waals surface area contributed by atoms with Crippen LogP contribution < -0.4 is 0 Å². The van der Waals surface area contributed by atoms with Crippen LogP contribution in [0.3, 0.4) is 0 Å². The second-order valence-corrected chi connectivity index (χ2v) is 3.84. The fraction of sp³-hybridized carbons (Fsp3) is 0.0833. The Balaban J connectivity index is 2.28. The van der Waals surface area contributed by atoms with Gasteiger partial charge in [0.05, 0.1) is 6.20 Å². The molecule has 0 spiro atoms. The van der Waals surface area contributed by atoms with Crippen LogP contribution in [0.15, 0.2) is 35.0 Å². The zero-order chi connectivity index (χ0) is 12.7. The third-order valence-corrected chi connectivity index (χ3v) is 2.62. The largest absolute Gasteiger partial charge is 0.477 e. The Morgan fingerprint density at radius 3 is 2.89 bits per heavy atom. The molecule has 0 saturated heterocycles. The average molecular weight is 243 g/mol. The van der Waals surface area contributed by atoms with Crippen LogP contribution in [0.2, 0.25) is 0 Å². The molecule has 0 aliphatic heterocycles. The van der Waals surface area contributed by atoms with E-state index in [2.05, 4.69) is 10.1 Å². The lowest BCUT2D eigenvalue weighted by molar-refractivity contribution is 0.0699. The first-order valence-corrected chi connectivity index (χ1v) is 5.29. The highest BCUT2D eigenvalue weighted by Gasteiger charge is 2.16. The van der Waals surface area contributed by atoms with E-state index in [9.17, 15) is 4.79 Å². The van der Waals surface area contributed by atoms with Gasteiger partial charge >= 0.3 is 5.97 Å². The minimum atomic E-state index is -1.05. The maximum absolute atomic E-state index is 11.0. The summed E-state index contributed by atoms with van der Waals surface area (Å²) < 4.78 is 6.97. The normalized spacial score (nSPS) is 10.9. The van der Waals surface area contributed by atoms with Crippen molar-refractivity contribution in [3.8, 4) is 11.5 Å². The molecule has 0 aromatic carbocycles. The van der Waals surface area contributed by atoms with Gasteiger partial charge in [0.2, 0.25) is 0 Å². The van der Waals surface area contributed by atoms with Gasteiger partial charge in [-0.1, -0.05) is 0 Å². The van der Waals surface area contributed by atoms with Crippen LogP contribution in [0, 0.1) is 6.92 Å². The fourth-order valence-corrected chi connectivity index (χ4v) is 1.80. The van der Waals surface area contributed by atoms with Gasteiger partial charge in [0.25, 0.3) is 0 Å². The number of carbonyl (C=O) groups is 1. The number of aromatic carboxylic acids is 1. The third-order valence-electron chi connectivity index (χ3n) is 2.62. The highest BCUT2D eigenvalue weighted by molar-refractivity contribution is 5.94. The van der Waals surface area contributed by atoms with Crippen molar-refractivity contribution in [1.29, 1.82) is 0 Å². The number of aromatic nitrogens is 3. The SMILES string of the molecule is Cc1ccc(-c2ccnc3c(C(=O)O)cnn23)o1. The molecule has 0 unspecified atom stereocenters. The zero-order valence-electron chi connectivity index (χ0n) is 9.49. The summed E-state index contributed by atoms with van der Waals surface area (Å²) in [5.41, 5.74) is 1.04. The number of carboxylic acid groups (broad SMARTS) is 1. The number of hydrogen-bond donors (Lipinski definition) is 1. The summed E-state index contributed by atoms with van der Waals surface area (Å²) in [4.78, 5) is 15.0. The maximum Gasteiger partial charge on any atom is 0.341 e. The van der Waals surface area contributed by atoms with Crippen molar-refractivity contribution in [1.82, 2.24) is 14.6 Å². The average Bonchev–Trinajstić information content (AvgIpc) is 2.94. The molecule has 0 aliphatic rings. The number of aryl methyl sites for hydroxylation is 1. The Labute approximate surface area is 101 Å². The predicted octanol–water partition coefficient (Wildman–Crippen LogP) is 2.00. The van der Waals surface area contributed by atoms with Gasteiger partial charge in [-0.2, -0.15) is 5.10 Å². The maximum atomic E-state index is 11.0. The van der Waals surface area contributed by atoms with E-state index in [1.807, 2.05) is 19.1 Å². The van der Waals surface area contributed by atoms with Crippen molar-refractivity contribution in [2.24, 2.45) is 0 Å². The summed E-state index contributed by atoms with van der Waals surface area (Å²) in [7, 11) is 0. The lowest BCUT2D eigenvalue weighted by atomic mass is 10.3. The molecular formula is C12H9N3O3. The minimum absolute atomic E-state index is 0.0696. The molecule has 0 amide bonds. The van der Waals surface area contributed by atoms with E-state index in [-0.39, 0.29) is 5.56 Å². The lowest BCUT2D eigenvalue weighted by Gasteiger charge is -2.00. The van der Waals surface area contributed by atoms with Crippen LogP contribution in [0.25, 0.3) is 17.1 Å². The van der Waals surface area contributed by atoms with Crippen LogP contribution in [0.5, 0.6) is 0 Å². The second-order valence-electron chi connectivity index (χ2n) is 3.84. The summed E-state index contributed by atoms with van der Waals surface area (Å²) in [6.07, 6.45) is 2.82. The van der Waals surface area contributed by atoms with Crippen molar-refractivity contribution >= 4 is 11.6 Å². The molecule has 0 atom stereocenters. The highest BCUT2D eigenvalue weighted by Crippen LogP contribution is 2.22. The minimum Gasteiger partial charge on any atom is -0.477 e. The molecule has 1 N–H and O–H groups in total. The molecule has 3 aromatic rings. The first kappa shape index (κ1) is 10.5. The molecule has 6 nitrogen and oxygen atoms in total. The van der Waals surface area contributed by atoms with Crippen molar-refractivity contribution in [2.45, 2.75) is 6.92 Å². The summed E-state index contributed by atoms with van der Waals surface area (Å²) in [5, 5.41) is 13.1. The Bertz CT molecular complexity index is 742. The molecule has 3 aromatic heterocycles. The van der Waals surface area contributed by atoms with E-state index >= 15 is 0 Å². The standard InChI is InChI=1S/C12H9N3O3/c1-7-2-3-10(18-7)9-4-5-13-11-8(12(16)17)6-14-15(9)11/h2-6H,1H3,(H,16,17). The predicted molar refractivity (Wildman–Crippen MR) is 62.4 cm³/mol. The van der Waals surface area contributed by atoms with Gasteiger partial charge in [0.15, 0.2) is 11.4 Å². The number of carboxylic acids is 1. The number of nitrogens with zero attached hydrogens (tertiary/aromatic N) is 3. The molecule has 0 fully saturated rings. The van der Waals surface area contributed by atoms with Crippen molar-refractivity contribution < 1.29 is 14.3 Å². The summed E-state index contributed by atoms with van der Waals surface area (Å²) in [5.74, 6) is 0.353. The van der Waals surface area contributed by atoms with Crippen molar-refractivity contribution in [3.63, 3.8) is 0 Å². The fourth-order valence-electron chi connectivity index (χ4n) is 1.80. The van der Waals surface area contributed by atoms with E-state index in [0.29, 0.717) is 17.1 Å². The van der Waals surface area contributed by atoms with Gasteiger partial charge in [-0.15, -0.1) is 0 Å². The molecule has 90 valence electrons. The van der Waals surface area contributed by atoms with E-state index < -0.39 is 5.97 Å². The van der Waals surface area contributed by atoms with Gasteiger partial charge in [-0.05, 0) is 25.1 Å². The van der Waals surface area contributed by atoms with Crippen LogP contribution in [-0.2, 0) is 0 Å². The topological polar surface area (TPSA) is 80.6 Å². The number of hydrogen-bond acceptors (Lipinski definition) is 4. The smallest absolute Gasteiger partial charge is 0.341 e. The molecular weight excluding hydrogens is 234 g/mol. The van der Waals surface area contributed by atoms with Crippen LogP contribution >= 0.6 is 0 Å². The van der Waals surface area contributed by atoms with Gasteiger partial charge in [-0.3, -0.25) is 0 Å². The second kappa shape index (κ2) is 3.69. The number of rotatable bonds is 2. The lowest BCUT2D eigenvalue weighted by Crippen LogP contribution is -1.99. The third kappa shape index (κ3) is 1.46. The summed E-state index contributed by atoms with van der Waals surface area (Å²) in [6.45, 7) is 1.84. The van der Waals surface area contributed by atoms with E-state index in [1.54, 1.807) is 6.07 Å².